The fourth-order valence-corrected chi connectivity index (χ4v) is 1.35. The molecule has 1 heterocycles. The molecule has 0 saturated carbocycles. The van der Waals surface area contributed by atoms with Crippen molar-refractivity contribution in [2.75, 3.05) is 19.6 Å². The fourth-order valence-electron chi connectivity index (χ4n) is 1.35. The van der Waals surface area contributed by atoms with E-state index in [0.29, 0.717) is 0 Å². The zero-order valence-electron chi connectivity index (χ0n) is 10.4. The molecule has 1 aromatic heterocycles. The number of nitrogens with zero attached hydrogens (tertiary/aromatic N) is 2. The molecule has 0 bridgehead atoms. The summed E-state index contributed by atoms with van der Waals surface area (Å²) in [5.74, 6) is 0.883. The van der Waals surface area contributed by atoms with Crippen LogP contribution in [-0.2, 0) is 6.42 Å². The third-order valence-corrected chi connectivity index (χ3v) is 2.08. The summed E-state index contributed by atoms with van der Waals surface area (Å²) >= 11 is 0. The third kappa shape index (κ3) is 7.14. The predicted molar refractivity (Wildman–Crippen MR) is 83.0 cm³/mol. The minimum Gasteiger partial charge on any atom is -0.357 e. The number of hydrogen-bond donors (Lipinski definition) is 2. The molecule has 2 N–H and O–H groups in total. The first kappa shape index (κ1) is 16.1. The summed E-state index contributed by atoms with van der Waals surface area (Å²) < 4.78 is 0. The summed E-state index contributed by atoms with van der Waals surface area (Å²) in [7, 11) is 0. The molecule has 0 spiro atoms. The van der Waals surface area contributed by atoms with Crippen LogP contribution in [0.25, 0.3) is 0 Å². The molecule has 0 unspecified atom stereocenters. The van der Waals surface area contributed by atoms with Gasteiger partial charge in [0.1, 0.15) is 0 Å². The lowest BCUT2D eigenvalue weighted by Gasteiger charge is -2.08. The van der Waals surface area contributed by atoms with Crippen LogP contribution in [0.1, 0.15) is 19.4 Å². The Morgan fingerprint density at radius 3 is 2.53 bits per heavy atom. The van der Waals surface area contributed by atoms with Gasteiger partial charge in [-0.05, 0) is 31.9 Å². The molecule has 0 fully saturated rings. The highest BCUT2D eigenvalue weighted by Gasteiger charge is 1.94. The maximum absolute atomic E-state index is 4.47. The van der Waals surface area contributed by atoms with E-state index in [-0.39, 0.29) is 24.0 Å². The number of nitrogens with one attached hydrogen (secondary N) is 2. The minimum absolute atomic E-state index is 0. The quantitative estimate of drug-likeness (QED) is 0.485. The normalized spacial score (nSPS) is 9.06. The molecule has 1 rings (SSSR count). The second-order valence-corrected chi connectivity index (χ2v) is 3.40. The summed E-state index contributed by atoms with van der Waals surface area (Å²) in [6.45, 7) is 6.68. The Balaban J connectivity index is 0.00000256. The number of aromatic nitrogens is 1. The Bertz CT molecular complexity index is 306. The molecule has 0 aliphatic heterocycles. The van der Waals surface area contributed by atoms with E-state index in [2.05, 4.69) is 40.5 Å². The van der Waals surface area contributed by atoms with Crippen LogP contribution < -0.4 is 10.6 Å². The Labute approximate surface area is 120 Å². The predicted octanol–water partition coefficient (Wildman–Crippen LogP) is 1.82. The molecule has 0 radical (unpaired) electrons. The molecule has 4 nitrogen and oxygen atoms in total. The number of hydrogen-bond acceptors (Lipinski definition) is 2. The van der Waals surface area contributed by atoms with Crippen LogP contribution in [-0.4, -0.2) is 30.6 Å². The van der Waals surface area contributed by atoms with Crippen molar-refractivity contribution in [3.8, 4) is 0 Å². The number of guanidine groups is 1. The summed E-state index contributed by atoms with van der Waals surface area (Å²) in [5.41, 5.74) is 1.22. The minimum atomic E-state index is 0. The molecule has 96 valence electrons. The molecule has 0 amide bonds. The van der Waals surface area contributed by atoms with E-state index in [9.17, 15) is 0 Å². The molecule has 17 heavy (non-hydrogen) atoms. The van der Waals surface area contributed by atoms with Crippen LogP contribution >= 0.6 is 24.0 Å². The van der Waals surface area contributed by atoms with Crippen LogP contribution in [0.15, 0.2) is 29.5 Å². The Morgan fingerprint density at radius 1 is 1.29 bits per heavy atom. The monoisotopic (exact) mass is 348 g/mol. The zero-order valence-corrected chi connectivity index (χ0v) is 12.8. The first-order valence-corrected chi connectivity index (χ1v) is 5.78. The van der Waals surface area contributed by atoms with Gasteiger partial charge in [-0.1, -0.05) is 6.07 Å². The van der Waals surface area contributed by atoms with Crippen LogP contribution in [0.2, 0.25) is 0 Å². The average molecular weight is 348 g/mol. The van der Waals surface area contributed by atoms with Crippen molar-refractivity contribution in [3.63, 3.8) is 0 Å². The number of rotatable bonds is 5. The van der Waals surface area contributed by atoms with E-state index < -0.39 is 0 Å². The van der Waals surface area contributed by atoms with Gasteiger partial charge in [0.05, 0.1) is 0 Å². The number of aliphatic imine (C=N–C) groups is 1. The second kappa shape index (κ2) is 10.3. The lowest BCUT2D eigenvalue weighted by molar-refractivity contribution is 0.832. The SMILES string of the molecule is CCNC(=NCCc1cccnc1)NCC.I. The first-order chi connectivity index (χ1) is 7.86. The van der Waals surface area contributed by atoms with E-state index in [1.807, 2.05) is 12.3 Å². The van der Waals surface area contributed by atoms with Gasteiger partial charge in [0.2, 0.25) is 0 Å². The summed E-state index contributed by atoms with van der Waals surface area (Å²) in [5, 5.41) is 6.39. The van der Waals surface area contributed by atoms with Crippen LogP contribution in [0.3, 0.4) is 0 Å². The van der Waals surface area contributed by atoms with Crippen molar-refractivity contribution < 1.29 is 0 Å². The molecule has 0 atom stereocenters. The molecule has 0 saturated heterocycles. The highest BCUT2D eigenvalue weighted by atomic mass is 127. The highest BCUT2D eigenvalue weighted by molar-refractivity contribution is 14.0. The maximum atomic E-state index is 4.47. The molecule has 0 aromatic carbocycles. The maximum Gasteiger partial charge on any atom is 0.191 e. The first-order valence-electron chi connectivity index (χ1n) is 5.78. The molecule has 1 aromatic rings. The van der Waals surface area contributed by atoms with Gasteiger partial charge in [-0.15, -0.1) is 24.0 Å². The van der Waals surface area contributed by atoms with Crippen molar-refractivity contribution in [2.24, 2.45) is 4.99 Å². The van der Waals surface area contributed by atoms with Gasteiger partial charge in [0, 0.05) is 32.0 Å². The molecule has 5 heteroatoms. The lowest BCUT2D eigenvalue weighted by atomic mass is 10.2. The summed E-state index contributed by atoms with van der Waals surface area (Å²) in [6.07, 6.45) is 4.60. The molecule has 0 aliphatic rings. The smallest absolute Gasteiger partial charge is 0.191 e. The highest BCUT2D eigenvalue weighted by Crippen LogP contribution is 1.96. The Hall–Kier alpha value is -0.850. The topological polar surface area (TPSA) is 49.3 Å². The van der Waals surface area contributed by atoms with Gasteiger partial charge < -0.3 is 10.6 Å². The van der Waals surface area contributed by atoms with Gasteiger partial charge in [0.25, 0.3) is 0 Å². The molecular weight excluding hydrogens is 327 g/mol. The van der Waals surface area contributed by atoms with Crippen LogP contribution in [0.4, 0.5) is 0 Å². The van der Waals surface area contributed by atoms with Gasteiger partial charge in [-0.25, -0.2) is 0 Å². The second-order valence-electron chi connectivity index (χ2n) is 3.40. The summed E-state index contributed by atoms with van der Waals surface area (Å²) in [4.78, 5) is 8.54. The standard InChI is InChI=1S/C12H20N4.HI/c1-3-14-12(15-4-2)16-9-7-11-6-5-8-13-10-11;/h5-6,8,10H,3-4,7,9H2,1-2H3,(H2,14,15,16);1H. The molecular formula is C12H21IN4. The van der Waals surface area contributed by atoms with E-state index in [1.54, 1.807) is 6.20 Å². The van der Waals surface area contributed by atoms with E-state index in [1.165, 1.54) is 5.56 Å². The fraction of sp³-hybridized carbons (Fsp3) is 0.500. The average Bonchev–Trinajstić information content (AvgIpc) is 2.31. The van der Waals surface area contributed by atoms with Crippen molar-refractivity contribution in [1.82, 2.24) is 15.6 Å². The Kier molecular flexibility index (Phi) is 9.80. The van der Waals surface area contributed by atoms with Gasteiger partial charge in [-0.2, -0.15) is 0 Å². The van der Waals surface area contributed by atoms with Gasteiger partial charge in [0.15, 0.2) is 5.96 Å². The van der Waals surface area contributed by atoms with E-state index >= 15 is 0 Å². The van der Waals surface area contributed by atoms with Crippen LogP contribution in [0, 0.1) is 0 Å². The van der Waals surface area contributed by atoms with Crippen molar-refractivity contribution in [2.45, 2.75) is 20.3 Å². The number of pyridine rings is 1. The van der Waals surface area contributed by atoms with E-state index in [0.717, 1.165) is 32.0 Å². The third-order valence-electron chi connectivity index (χ3n) is 2.08. The Morgan fingerprint density at radius 2 is 2.00 bits per heavy atom. The van der Waals surface area contributed by atoms with Gasteiger partial charge in [-0.3, -0.25) is 9.98 Å². The summed E-state index contributed by atoms with van der Waals surface area (Å²) in [6, 6.07) is 4.03. The van der Waals surface area contributed by atoms with Crippen molar-refractivity contribution in [1.29, 1.82) is 0 Å². The molecule has 0 aliphatic carbocycles. The van der Waals surface area contributed by atoms with Crippen molar-refractivity contribution >= 4 is 29.9 Å². The van der Waals surface area contributed by atoms with Gasteiger partial charge >= 0.3 is 0 Å². The van der Waals surface area contributed by atoms with Crippen molar-refractivity contribution in [3.05, 3.63) is 30.1 Å². The lowest BCUT2D eigenvalue weighted by Crippen LogP contribution is -2.37. The largest absolute Gasteiger partial charge is 0.357 e. The van der Waals surface area contributed by atoms with Crippen LogP contribution in [0.5, 0.6) is 0 Å². The zero-order chi connectivity index (χ0) is 11.6. The van der Waals surface area contributed by atoms with E-state index in [4.69, 9.17) is 0 Å². The number of halogens is 1.